The molecule has 0 fully saturated rings. The zero-order valence-corrected chi connectivity index (χ0v) is 23.0. The van der Waals surface area contributed by atoms with Crippen molar-refractivity contribution in [3.63, 3.8) is 0 Å². The Morgan fingerprint density at radius 1 is 0.857 bits per heavy atom. The zero-order valence-electron chi connectivity index (χ0n) is 23.0. The van der Waals surface area contributed by atoms with E-state index in [0.29, 0.717) is 33.7 Å². The molecule has 5 rings (SSSR count). The Kier molecular flexibility index (Phi) is 7.66. The van der Waals surface area contributed by atoms with Gasteiger partial charge in [-0.3, -0.25) is 14.6 Å². The number of fused-ring (bicyclic) bond motifs is 1. The van der Waals surface area contributed by atoms with Gasteiger partial charge in [0.25, 0.3) is 5.88 Å². The summed E-state index contributed by atoms with van der Waals surface area (Å²) in [5.41, 5.74) is 1.13. The van der Waals surface area contributed by atoms with Crippen LogP contribution in [-0.4, -0.2) is 35.0 Å². The molecule has 0 saturated heterocycles. The van der Waals surface area contributed by atoms with Gasteiger partial charge in [0.1, 0.15) is 5.52 Å². The van der Waals surface area contributed by atoms with E-state index in [-0.39, 0.29) is 40.5 Å². The lowest BCUT2D eigenvalue weighted by Crippen LogP contribution is -2.23. The quantitative estimate of drug-likeness (QED) is 0.218. The molecule has 0 spiro atoms. The fourth-order valence-corrected chi connectivity index (χ4v) is 4.72. The molecule has 0 unspecified atom stereocenters. The molecule has 0 aliphatic carbocycles. The summed E-state index contributed by atoms with van der Waals surface area (Å²) < 4.78 is 58.8. The number of H-pyrrole nitrogens is 1. The van der Waals surface area contributed by atoms with Crippen LogP contribution in [0.1, 0.15) is 27.3 Å². The first-order chi connectivity index (χ1) is 20.1. The van der Waals surface area contributed by atoms with Crippen LogP contribution in [0.25, 0.3) is 22.2 Å². The van der Waals surface area contributed by atoms with Crippen LogP contribution in [0.15, 0.2) is 59.5 Å². The normalized spacial score (nSPS) is 11.0. The molecule has 2 aromatic carbocycles. The van der Waals surface area contributed by atoms with Crippen LogP contribution in [-0.2, 0) is 6.42 Å². The lowest BCUT2D eigenvalue weighted by atomic mass is 9.95. The summed E-state index contributed by atoms with van der Waals surface area (Å²) in [6.07, 6.45) is 1.18. The third-order valence-corrected chi connectivity index (χ3v) is 6.67. The number of hydrogen-bond donors (Lipinski definition) is 1. The number of pyridine rings is 3. The van der Waals surface area contributed by atoms with Gasteiger partial charge in [-0.15, -0.1) is 0 Å². The van der Waals surface area contributed by atoms with Gasteiger partial charge in [-0.1, -0.05) is 12.1 Å². The fourth-order valence-electron chi connectivity index (χ4n) is 4.72. The Labute approximate surface area is 237 Å². The van der Waals surface area contributed by atoms with E-state index in [1.807, 2.05) is 0 Å². The second kappa shape index (κ2) is 11.4. The van der Waals surface area contributed by atoms with Gasteiger partial charge in [-0.05, 0) is 49.2 Å². The van der Waals surface area contributed by atoms with Crippen molar-refractivity contribution in [3.8, 4) is 34.3 Å². The molecule has 0 amide bonds. The Balaban J connectivity index is 1.43. The van der Waals surface area contributed by atoms with Crippen LogP contribution in [0, 0.1) is 31.3 Å². The van der Waals surface area contributed by atoms with Crippen molar-refractivity contribution in [2.45, 2.75) is 20.3 Å². The number of ketones is 1. The number of benzene rings is 2. The van der Waals surface area contributed by atoms with Crippen molar-refractivity contribution < 1.29 is 32.2 Å². The Morgan fingerprint density at radius 3 is 2.33 bits per heavy atom. The van der Waals surface area contributed by atoms with Crippen molar-refractivity contribution in [1.29, 1.82) is 0 Å². The van der Waals surface area contributed by atoms with Gasteiger partial charge in [-0.25, -0.2) is 18.2 Å². The van der Waals surface area contributed by atoms with Crippen LogP contribution < -0.4 is 19.6 Å². The average Bonchev–Trinajstić information content (AvgIpc) is 2.95. The number of methoxy groups -OCH3 is 2. The molecule has 214 valence electrons. The van der Waals surface area contributed by atoms with Gasteiger partial charge < -0.3 is 19.2 Å². The largest absolute Gasteiger partial charge is 0.491 e. The number of aromatic nitrogens is 3. The lowest BCUT2D eigenvalue weighted by molar-refractivity contribution is 0.0991. The van der Waals surface area contributed by atoms with Crippen LogP contribution in [0.3, 0.4) is 0 Å². The van der Waals surface area contributed by atoms with E-state index in [2.05, 4.69) is 15.0 Å². The summed E-state index contributed by atoms with van der Waals surface area (Å²) in [6, 6.07) is 10.2. The Bertz CT molecular complexity index is 1920. The molecule has 5 aromatic rings. The number of nitrogens with zero attached hydrogens (tertiary/aromatic N) is 2. The molecule has 11 heteroatoms. The highest BCUT2D eigenvalue weighted by Gasteiger charge is 2.22. The predicted octanol–water partition coefficient (Wildman–Crippen LogP) is 6.25. The summed E-state index contributed by atoms with van der Waals surface area (Å²) in [5.74, 6) is -2.83. The molecule has 0 aliphatic rings. The number of ether oxygens (including phenoxy) is 3. The van der Waals surface area contributed by atoms with Gasteiger partial charge in [-0.2, -0.15) is 0 Å². The molecule has 0 atom stereocenters. The van der Waals surface area contributed by atoms with Crippen molar-refractivity contribution in [1.82, 2.24) is 15.0 Å². The maximum Gasteiger partial charge on any atom is 0.257 e. The molecule has 0 aliphatic heterocycles. The Morgan fingerprint density at radius 2 is 1.64 bits per heavy atom. The number of carbonyl (C=O) groups is 1. The van der Waals surface area contributed by atoms with Crippen molar-refractivity contribution in [2.75, 3.05) is 14.2 Å². The van der Waals surface area contributed by atoms with E-state index < -0.39 is 28.7 Å². The summed E-state index contributed by atoms with van der Waals surface area (Å²) >= 11 is 0. The zero-order chi connectivity index (χ0) is 30.1. The third-order valence-electron chi connectivity index (χ3n) is 6.67. The molecule has 3 heterocycles. The molecule has 0 radical (unpaired) electrons. The van der Waals surface area contributed by atoms with Crippen LogP contribution in [0.2, 0.25) is 0 Å². The first-order valence-electron chi connectivity index (χ1n) is 12.7. The van der Waals surface area contributed by atoms with Crippen molar-refractivity contribution >= 4 is 16.8 Å². The molecular weight excluding hydrogens is 551 g/mol. The minimum Gasteiger partial charge on any atom is -0.491 e. The predicted molar refractivity (Wildman–Crippen MR) is 149 cm³/mol. The molecule has 42 heavy (non-hydrogen) atoms. The summed E-state index contributed by atoms with van der Waals surface area (Å²) in [7, 11) is 2.90. The lowest BCUT2D eigenvalue weighted by Gasteiger charge is -2.13. The number of halogens is 3. The van der Waals surface area contributed by atoms with Gasteiger partial charge in [0.05, 0.1) is 25.3 Å². The molecule has 0 saturated carbocycles. The van der Waals surface area contributed by atoms with Crippen LogP contribution in [0.5, 0.6) is 23.1 Å². The highest BCUT2D eigenvalue weighted by Crippen LogP contribution is 2.35. The summed E-state index contributed by atoms with van der Waals surface area (Å²) in [6.45, 7) is 3.16. The minimum atomic E-state index is -1.12. The van der Waals surface area contributed by atoms with Crippen LogP contribution in [0.4, 0.5) is 13.2 Å². The number of aromatic amines is 1. The SMILES string of the molecule is COc1cc2nccc(Oc3ccc(CC(=O)c4c(C)[nH]c(C)c(-c5ccc(F)c(F)c5)c4=O)cc3F)c2nc1OC. The molecule has 8 nitrogen and oxygen atoms in total. The van der Waals surface area contributed by atoms with E-state index >= 15 is 4.39 Å². The van der Waals surface area contributed by atoms with E-state index in [1.54, 1.807) is 19.9 Å². The van der Waals surface area contributed by atoms with E-state index in [9.17, 15) is 18.4 Å². The molecule has 1 N–H and O–H groups in total. The number of carbonyl (C=O) groups excluding carboxylic acids is 1. The third kappa shape index (κ3) is 5.28. The standard InChI is InChI=1S/C31H24F3N3O5/c1-15-27(18-6-7-19(32)20(33)13-18)30(39)28(16(2)36-15)23(38)12-17-5-8-24(21(34)11-17)42-25-9-10-35-22-14-26(40-3)31(41-4)37-29(22)25/h5-11,13-14H,12H2,1-4H3,(H,36,39). The number of rotatable bonds is 8. The summed E-state index contributed by atoms with van der Waals surface area (Å²) in [4.78, 5) is 38.2. The second-order valence-corrected chi connectivity index (χ2v) is 9.43. The summed E-state index contributed by atoms with van der Waals surface area (Å²) in [5, 5.41) is 0. The Hall–Kier alpha value is -5.19. The van der Waals surface area contributed by atoms with Gasteiger partial charge in [0.2, 0.25) is 5.43 Å². The van der Waals surface area contributed by atoms with Crippen molar-refractivity contribution in [2.24, 2.45) is 0 Å². The molecule has 0 bridgehead atoms. The number of aryl methyl sites for hydroxylation is 2. The highest BCUT2D eigenvalue weighted by molar-refractivity contribution is 5.99. The number of hydrogen-bond acceptors (Lipinski definition) is 7. The minimum absolute atomic E-state index is 0.0465. The van der Waals surface area contributed by atoms with E-state index in [0.717, 1.165) is 18.2 Å². The van der Waals surface area contributed by atoms with E-state index in [4.69, 9.17) is 14.2 Å². The number of Topliss-reactive ketones (excluding diaryl/α,β-unsaturated/α-hetero) is 1. The van der Waals surface area contributed by atoms with Crippen molar-refractivity contribution in [3.05, 3.63) is 105 Å². The van der Waals surface area contributed by atoms with Crippen LogP contribution >= 0.6 is 0 Å². The average molecular weight is 576 g/mol. The maximum absolute atomic E-state index is 15.2. The highest BCUT2D eigenvalue weighted by atomic mass is 19.2. The first-order valence-corrected chi connectivity index (χ1v) is 12.7. The topological polar surface area (TPSA) is 103 Å². The number of nitrogens with one attached hydrogen (secondary N) is 1. The smallest absolute Gasteiger partial charge is 0.257 e. The molecular formula is C31H24F3N3O5. The maximum atomic E-state index is 15.2. The first kappa shape index (κ1) is 28.3. The van der Waals surface area contributed by atoms with Gasteiger partial charge >= 0.3 is 0 Å². The second-order valence-electron chi connectivity index (χ2n) is 9.43. The monoisotopic (exact) mass is 575 g/mol. The van der Waals surface area contributed by atoms with E-state index in [1.165, 1.54) is 44.7 Å². The van der Waals surface area contributed by atoms with Gasteiger partial charge in [0.15, 0.2) is 40.5 Å². The van der Waals surface area contributed by atoms with Gasteiger partial charge in [0, 0.05) is 41.7 Å². The molecule has 3 aromatic heterocycles. The fraction of sp³-hybridized carbons (Fsp3) is 0.161.